The summed E-state index contributed by atoms with van der Waals surface area (Å²) >= 11 is 0. The van der Waals surface area contributed by atoms with E-state index in [2.05, 4.69) is 15.6 Å². The Hall–Kier alpha value is -2.15. The molecule has 0 aromatic carbocycles. The molecule has 1 aromatic heterocycles. The van der Waals surface area contributed by atoms with Crippen LogP contribution in [-0.2, 0) is 9.53 Å². The SMILES string of the molecule is COCCNC(=O)CNc1cc(C)ncc1C(=O)O. The number of amides is 1. The van der Waals surface area contributed by atoms with Crippen LogP contribution >= 0.6 is 0 Å². The second kappa shape index (κ2) is 7.32. The van der Waals surface area contributed by atoms with E-state index < -0.39 is 5.97 Å². The van der Waals surface area contributed by atoms with Gasteiger partial charge in [-0.25, -0.2) is 4.79 Å². The molecular weight excluding hydrogens is 250 g/mol. The predicted octanol–water partition coefficient (Wildman–Crippen LogP) is 0.263. The zero-order valence-electron chi connectivity index (χ0n) is 10.9. The Balaban J connectivity index is 2.59. The number of nitrogens with zero attached hydrogens (tertiary/aromatic N) is 1. The van der Waals surface area contributed by atoms with Crippen LogP contribution in [0.5, 0.6) is 0 Å². The first-order chi connectivity index (χ1) is 9.04. The minimum absolute atomic E-state index is 0.00650. The molecule has 104 valence electrons. The van der Waals surface area contributed by atoms with Crippen molar-refractivity contribution in [3.05, 3.63) is 23.5 Å². The van der Waals surface area contributed by atoms with Crippen molar-refractivity contribution in [2.75, 3.05) is 32.1 Å². The molecule has 0 radical (unpaired) electrons. The van der Waals surface area contributed by atoms with Crippen molar-refractivity contribution in [3.8, 4) is 0 Å². The number of hydrogen-bond acceptors (Lipinski definition) is 5. The fourth-order valence-corrected chi connectivity index (χ4v) is 1.41. The van der Waals surface area contributed by atoms with E-state index >= 15 is 0 Å². The van der Waals surface area contributed by atoms with Gasteiger partial charge in [0.15, 0.2) is 0 Å². The second-order valence-corrected chi connectivity index (χ2v) is 3.87. The average molecular weight is 267 g/mol. The lowest BCUT2D eigenvalue weighted by atomic mass is 10.2. The van der Waals surface area contributed by atoms with Gasteiger partial charge in [-0.15, -0.1) is 0 Å². The van der Waals surface area contributed by atoms with E-state index in [1.54, 1.807) is 20.1 Å². The predicted molar refractivity (Wildman–Crippen MR) is 69.3 cm³/mol. The minimum atomic E-state index is -1.09. The number of carboxylic acid groups (broad SMARTS) is 1. The van der Waals surface area contributed by atoms with Crippen LogP contribution < -0.4 is 10.6 Å². The van der Waals surface area contributed by atoms with Crippen molar-refractivity contribution in [1.29, 1.82) is 0 Å². The van der Waals surface area contributed by atoms with Gasteiger partial charge in [-0.05, 0) is 13.0 Å². The zero-order valence-corrected chi connectivity index (χ0v) is 10.9. The topological polar surface area (TPSA) is 101 Å². The van der Waals surface area contributed by atoms with Gasteiger partial charge < -0.3 is 20.5 Å². The van der Waals surface area contributed by atoms with Gasteiger partial charge in [0, 0.05) is 25.5 Å². The van der Waals surface area contributed by atoms with Gasteiger partial charge in [-0.2, -0.15) is 0 Å². The Morgan fingerprint density at radius 2 is 2.21 bits per heavy atom. The number of aromatic carboxylic acids is 1. The van der Waals surface area contributed by atoms with E-state index in [-0.39, 0.29) is 18.0 Å². The summed E-state index contributed by atoms with van der Waals surface area (Å²) in [6.07, 6.45) is 1.27. The van der Waals surface area contributed by atoms with Crippen LogP contribution in [0.3, 0.4) is 0 Å². The molecular formula is C12H17N3O4. The maximum atomic E-state index is 11.5. The molecule has 0 atom stereocenters. The third-order valence-electron chi connectivity index (χ3n) is 2.34. The molecule has 19 heavy (non-hydrogen) atoms. The molecule has 0 bridgehead atoms. The number of nitrogens with one attached hydrogen (secondary N) is 2. The summed E-state index contributed by atoms with van der Waals surface area (Å²) in [5.41, 5.74) is 1.09. The Morgan fingerprint density at radius 1 is 1.47 bits per heavy atom. The van der Waals surface area contributed by atoms with Crippen molar-refractivity contribution < 1.29 is 19.4 Å². The highest BCUT2D eigenvalue weighted by molar-refractivity contribution is 5.94. The van der Waals surface area contributed by atoms with E-state index in [0.717, 1.165) is 0 Å². The normalized spacial score (nSPS) is 10.0. The molecule has 7 nitrogen and oxygen atoms in total. The molecule has 0 spiro atoms. The standard InChI is InChI=1S/C12H17N3O4/c1-8-5-10(9(6-14-8)12(17)18)15-7-11(16)13-3-4-19-2/h5-6H,3-4,7H2,1-2H3,(H,13,16)(H,14,15)(H,17,18). The number of pyridine rings is 1. The van der Waals surface area contributed by atoms with Gasteiger partial charge in [0.1, 0.15) is 5.56 Å². The lowest BCUT2D eigenvalue weighted by Crippen LogP contribution is -2.32. The summed E-state index contributed by atoms with van der Waals surface area (Å²) in [6.45, 7) is 2.58. The van der Waals surface area contributed by atoms with Crippen LogP contribution in [0.2, 0.25) is 0 Å². The lowest BCUT2D eigenvalue weighted by molar-refractivity contribution is -0.119. The molecule has 0 aliphatic carbocycles. The van der Waals surface area contributed by atoms with E-state index in [1.807, 2.05) is 0 Å². The molecule has 1 aromatic rings. The number of aryl methyl sites for hydroxylation is 1. The number of methoxy groups -OCH3 is 1. The van der Waals surface area contributed by atoms with Gasteiger partial charge >= 0.3 is 5.97 Å². The third kappa shape index (κ3) is 4.92. The highest BCUT2D eigenvalue weighted by Gasteiger charge is 2.11. The second-order valence-electron chi connectivity index (χ2n) is 3.87. The summed E-state index contributed by atoms with van der Waals surface area (Å²) < 4.78 is 4.80. The number of carbonyl (C=O) groups is 2. The van der Waals surface area contributed by atoms with Crippen LogP contribution in [0.4, 0.5) is 5.69 Å². The van der Waals surface area contributed by atoms with Gasteiger partial charge in [0.2, 0.25) is 5.91 Å². The van der Waals surface area contributed by atoms with Crippen LogP contribution in [0.15, 0.2) is 12.3 Å². The number of carbonyl (C=O) groups excluding carboxylic acids is 1. The van der Waals surface area contributed by atoms with Crippen molar-refractivity contribution in [3.63, 3.8) is 0 Å². The molecule has 1 rings (SSSR count). The monoisotopic (exact) mass is 267 g/mol. The Kier molecular flexibility index (Phi) is 5.74. The van der Waals surface area contributed by atoms with Crippen molar-refractivity contribution >= 4 is 17.6 Å². The molecule has 0 aliphatic rings. The smallest absolute Gasteiger partial charge is 0.339 e. The lowest BCUT2D eigenvalue weighted by Gasteiger charge is -2.10. The van der Waals surface area contributed by atoms with E-state index in [0.29, 0.717) is 24.5 Å². The van der Waals surface area contributed by atoms with E-state index in [9.17, 15) is 9.59 Å². The Bertz CT molecular complexity index is 462. The number of rotatable bonds is 7. The van der Waals surface area contributed by atoms with Gasteiger partial charge in [0.25, 0.3) is 0 Å². The van der Waals surface area contributed by atoms with Crippen LogP contribution in [-0.4, -0.2) is 48.8 Å². The maximum Gasteiger partial charge on any atom is 0.339 e. The molecule has 0 unspecified atom stereocenters. The molecule has 3 N–H and O–H groups in total. The molecule has 1 amide bonds. The number of hydrogen-bond donors (Lipinski definition) is 3. The molecule has 0 saturated carbocycles. The Labute approximate surface area is 111 Å². The zero-order chi connectivity index (χ0) is 14.3. The van der Waals surface area contributed by atoms with Gasteiger partial charge in [0.05, 0.1) is 18.8 Å². The van der Waals surface area contributed by atoms with Gasteiger partial charge in [-0.3, -0.25) is 9.78 Å². The maximum absolute atomic E-state index is 11.5. The first-order valence-corrected chi connectivity index (χ1v) is 5.74. The average Bonchev–Trinajstić information content (AvgIpc) is 2.36. The summed E-state index contributed by atoms with van der Waals surface area (Å²) in [5, 5.41) is 14.4. The van der Waals surface area contributed by atoms with Crippen LogP contribution in [0.1, 0.15) is 16.1 Å². The van der Waals surface area contributed by atoms with Crippen molar-refractivity contribution in [2.24, 2.45) is 0 Å². The van der Waals surface area contributed by atoms with Gasteiger partial charge in [-0.1, -0.05) is 0 Å². The number of aromatic nitrogens is 1. The fraction of sp³-hybridized carbons (Fsp3) is 0.417. The van der Waals surface area contributed by atoms with Crippen molar-refractivity contribution in [2.45, 2.75) is 6.92 Å². The summed E-state index contributed by atoms with van der Waals surface area (Å²) in [6, 6.07) is 1.59. The van der Waals surface area contributed by atoms with Crippen LogP contribution in [0, 0.1) is 6.92 Å². The first-order valence-electron chi connectivity index (χ1n) is 5.74. The molecule has 0 aliphatic heterocycles. The largest absolute Gasteiger partial charge is 0.478 e. The molecule has 1 heterocycles. The van der Waals surface area contributed by atoms with Crippen LogP contribution in [0.25, 0.3) is 0 Å². The highest BCUT2D eigenvalue weighted by atomic mass is 16.5. The third-order valence-corrected chi connectivity index (χ3v) is 2.34. The number of carboxylic acids is 1. The summed E-state index contributed by atoms with van der Waals surface area (Å²) in [5.74, 6) is -1.32. The first kappa shape index (κ1) is 14.9. The quantitative estimate of drug-likeness (QED) is 0.613. The molecule has 7 heteroatoms. The van der Waals surface area contributed by atoms with Crippen molar-refractivity contribution in [1.82, 2.24) is 10.3 Å². The van der Waals surface area contributed by atoms with E-state index in [4.69, 9.17) is 9.84 Å². The summed E-state index contributed by atoms with van der Waals surface area (Å²) in [4.78, 5) is 26.4. The number of ether oxygens (including phenoxy) is 1. The van der Waals surface area contributed by atoms with E-state index in [1.165, 1.54) is 6.20 Å². The Morgan fingerprint density at radius 3 is 2.84 bits per heavy atom. The molecule has 0 fully saturated rings. The minimum Gasteiger partial charge on any atom is -0.478 e. The number of anilines is 1. The highest BCUT2D eigenvalue weighted by Crippen LogP contribution is 2.15. The fourth-order valence-electron chi connectivity index (χ4n) is 1.41. The summed E-state index contributed by atoms with van der Waals surface area (Å²) in [7, 11) is 1.54. The molecule has 0 saturated heterocycles.